The van der Waals surface area contributed by atoms with Crippen molar-refractivity contribution in [3.63, 3.8) is 0 Å². The standard InChI is InChI=1S/C19H23FN4O/c1-13-6-5-9-24(12-13)18(25)17-10-14(2)22-19(23-17)21-11-15-7-3-4-8-16(15)20/h3-4,7-8,10,13H,5-6,9,11-12H2,1-2H3,(H,21,22,23). The molecule has 1 atom stereocenters. The van der Waals surface area contributed by atoms with Gasteiger partial charge in [-0.3, -0.25) is 4.79 Å². The van der Waals surface area contributed by atoms with Crippen molar-refractivity contribution in [2.24, 2.45) is 5.92 Å². The Kier molecular flexibility index (Phi) is 5.26. The molecule has 1 aromatic carbocycles. The van der Waals surface area contributed by atoms with Gasteiger partial charge in [-0.25, -0.2) is 14.4 Å². The van der Waals surface area contributed by atoms with E-state index in [1.54, 1.807) is 24.3 Å². The minimum atomic E-state index is -0.277. The molecule has 1 N–H and O–H groups in total. The van der Waals surface area contributed by atoms with Crippen LogP contribution in [0.3, 0.4) is 0 Å². The van der Waals surface area contributed by atoms with Crippen molar-refractivity contribution < 1.29 is 9.18 Å². The van der Waals surface area contributed by atoms with E-state index in [2.05, 4.69) is 22.2 Å². The van der Waals surface area contributed by atoms with Crippen molar-refractivity contribution in [2.75, 3.05) is 18.4 Å². The predicted octanol–water partition coefficient (Wildman–Crippen LogP) is 3.41. The molecule has 6 heteroatoms. The number of piperidine rings is 1. The van der Waals surface area contributed by atoms with Gasteiger partial charge in [0.05, 0.1) is 0 Å². The number of aryl methyl sites for hydroxylation is 1. The number of aromatic nitrogens is 2. The van der Waals surface area contributed by atoms with Crippen LogP contribution in [-0.4, -0.2) is 33.9 Å². The molecule has 0 bridgehead atoms. The van der Waals surface area contributed by atoms with E-state index in [-0.39, 0.29) is 18.3 Å². The number of halogens is 1. The number of amides is 1. The van der Waals surface area contributed by atoms with Crippen molar-refractivity contribution in [3.05, 3.63) is 53.1 Å². The average molecular weight is 342 g/mol. The van der Waals surface area contributed by atoms with Crippen LogP contribution < -0.4 is 5.32 Å². The molecule has 1 amide bonds. The Morgan fingerprint density at radius 3 is 2.92 bits per heavy atom. The largest absolute Gasteiger partial charge is 0.350 e. The Bertz CT molecular complexity index is 765. The molecule has 0 radical (unpaired) electrons. The molecule has 2 aromatic rings. The Labute approximate surface area is 147 Å². The van der Waals surface area contributed by atoms with Crippen LogP contribution in [0.4, 0.5) is 10.3 Å². The highest BCUT2D eigenvalue weighted by atomic mass is 19.1. The number of nitrogens with zero attached hydrogens (tertiary/aromatic N) is 3. The molecule has 0 saturated carbocycles. The molecule has 2 heterocycles. The third-order valence-corrected chi connectivity index (χ3v) is 4.41. The number of rotatable bonds is 4. The molecule has 1 fully saturated rings. The number of carbonyl (C=O) groups is 1. The molecule has 1 saturated heterocycles. The fourth-order valence-electron chi connectivity index (χ4n) is 3.11. The number of hydrogen-bond donors (Lipinski definition) is 1. The molecular formula is C19H23FN4O. The highest BCUT2D eigenvalue weighted by Gasteiger charge is 2.23. The Morgan fingerprint density at radius 1 is 1.36 bits per heavy atom. The summed E-state index contributed by atoms with van der Waals surface area (Å²) in [7, 11) is 0. The smallest absolute Gasteiger partial charge is 0.272 e. The highest BCUT2D eigenvalue weighted by Crippen LogP contribution is 2.18. The summed E-state index contributed by atoms with van der Waals surface area (Å²) in [4.78, 5) is 23.2. The fourth-order valence-corrected chi connectivity index (χ4v) is 3.11. The number of anilines is 1. The van der Waals surface area contributed by atoms with Crippen molar-refractivity contribution in [1.29, 1.82) is 0 Å². The fraction of sp³-hybridized carbons (Fsp3) is 0.421. The first-order valence-electron chi connectivity index (χ1n) is 8.65. The van der Waals surface area contributed by atoms with Crippen LogP contribution in [0.2, 0.25) is 0 Å². The van der Waals surface area contributed by atoms with Crippen molar-refractivity contribution in [1.82, 2.24) is 14.9 Å². The van der Waals surface area contributed by atoms with Gasteiger partial charge in [0.25, 0.3) is 5.91 Å². The number of carbonyl (C=O) groups excluding carboxylic acids is 1. The van der Waals surface area contributed by atoms with E-state index in [1.807, 2.05) is 11.8 Å². The van der Waals surface area contributed by atoms with Crippen LogP contribution in [0.15, 0.2) is 30.3 Å². The summed E-state index contributed by atoms with van der Waals surface area (Å²) < 4.78 is 13.7. The summed E-state index contributed by atoms with van der Waals surface area (Å²) in [5, 5.41) is 3.02. The number of benzene rings is 1. The minimum absolute atomic E-state index is 0.0639. The Morgan fingerprint density at radius 2 is 2.16 bits per heavy atom. The lowest BCUT2D eigenvalue weighted by atomic mass is 10.00. The first-order chi connectivity index (χ1) is 12.0. The highest BCUT2D eigenvalue weighted by molar-refractivity contribution is 5.92. The van der Waals surface area contributed by atoms with Crippen LogP contribution in [0, 0.1) is 18.7 Å². The molecule has 1 aromatic heterocycles. The van der Waals surface area contributed by atoms with Gasteiger partial charge in [-0.2, -0.15) is 0 Å². The Hall–Kier alpha value is -2.50. The van der Waals surface area contributed by atoms with E-state index in [0.717, 1.165) is 25.9 Å². The molecule has 1 unspecified atom stereocenters. The van der Waals surface area contributed by atoms with Gasteiger partial charge in [-0.15, -0.1) is 0 Å². The van der Waals surface area contributed by atoms with Crippen LogP contribution in [0.25, 0.3) is 0 Å². The quantitative estimate of drug-likeness (QED) is 0.925. The minimum Gasteiger partial charge on any atom is -0.350 e. The second-order valence-corrected chi connectivity index (χ2v) is 6.66. The molecule has 3 rings (SSSR count). The van der Waals surface area contributed by atoms with E-state index < -0.39 is 0 Å². The number of likely N-dealkylation sites (tertiary alicyclic amines) is 1. The monoisotopic (exact) mass is 342 g/mol. The molecule has 132 valence electrons. The van der Waals surface area contributed by atoms with Crippen molar-refractivity contribution >= 4 is 11.9 Å². The van der Waals surface area contributed by atoms with Crippen LogP contribution in [0.1, 0.15) is 41.5 Å². The third kappa shape index (κ3) is 4.32. The Balaban J connectivity index is 1.74. The van der Waals surface area contributed by atoms with Gasteiger partial charge in [0, 0.05) is 30.9 Å². The second kappa shape index (κ2) is 7.59. The summed E-state index contributed by atoms with van der Waals surface area (Å²) in [6.45, 7) is 5.78. The molecule has 0 spiro atoms. The normalized spacial score (nSPS) is 17.4. The third-order valence-electron chi connectivity index (χ3n) is 4.41. The maximum absolute atomic E-state index is 13.7. The van der Waals surface area contributed by atoms with Gasteiger partial charge in [0.2, 0.25) is 5.95 Å². The van der Waals surface area contributed by atoms with Gasteiger partial charge < -0.3 is 10.2 Å². The first kappa shape index (κ1) is 17.3. The van der Waals surface area contributed by atoms with E-state index in [1.165, 1.54) is 6.07 Å². The second-order valence-electron chi connectivity index (χ2n) is 6.66. The zero-order valence-corrected chi connectivity index (χ0v) is 14.6. The first-order valence-corrected chi connectivity index (χ1v) is 8.65. The summed E-state index contributed by atoms with van der Waals surface area (Å²) in [5.41, 5.74) is 1.63. The van der Waals surface area contributed by atoms with Crippen molar-refractivity contribution in [3.8, 4) is 0 Å². The van der Waals surface area contributed by atoms with Gasteiger partial charge in [0.15, 0.2) is 0 Å². The maximum atomic E-state index is 13.7. The number of hydrogen-bond acceptors (Lipinski definition) is 4. The van der Waals surface area contributed by atoms with Gasteiger partial charge in [-0.1, -0.05) is 25.1 Å². The maximum Gasteiger partial charge on any atom is 0.272 e. The van der Waals surface area contributed by atoms with Gasteiger partial charge >= 0.3 is 0 Å². The zero-order valence-electron chi connectivity index (χ0n) is 14.6. The zero-order chi connectivity index (χ0) is 17.8. The van der Waals surface area contributed by atoms with Gasteiger partial charge in [0.1, 0.15) is 11.5 Å². The van der Waals surface area contributed by atoms with Gasteiger partial charge in [-0.05, 0) is 37.8 Å². The van der Waals surface area contributed by atoms with Crippen LogP contribution in [-0.2, 0) is 6.54 Å². The van der Waals surface area contributed by atoms with Crippen molar-refractivity contribution in [2.45, 2.75) is 33.2 Å². The van der Waals surface area contributed by atoms with E-state index in [9.17, 15) is 9.18 Å². The van der Waals surface area contributed by atoms with Crippen LogP contribution in [0.5, 0.6) is 0 Å². The van der Waals surface area contributed by atoms with E-state index >= 15 is 0 Å². The molecule has 1 aliphatic rings. The summed E-state index contributed by atoms with van der Waals surface area (Å²) in [6.07, 6.45) is 2.18. The van der Waals surface area contributed by atoms with E-state index in [0.29, 0.717) is 28.8 Å². The molecule has 5 nitrogen and oxygen atoms in total. The molecule has 1 aliphatic heterocycles. The molecular weight excluding hydrogens is 319 g/mol. The summed E-state index contributed by atoms with van der Waals surface area (Å²) >= 11 is 0. The topological polar surface area (TPSA) is 58.1 Å². The summed E-state index contributed by atoms with van der Waals surface area (Å²) in [6, 6.07) is 8.26. The lowest BCUT2D eigenvalue weighted by Gasteiger charge is -2.30. The van der Waals surface area contributed by atoms with Crippen LogP contribution >= 0.6 is 0 Å². The molecule has 0 aliphatic carbocycles. The van der Waals surface area contributed by atoms with E-state index in [4.69, 9.17) is 0 Å². The predicted molar refractivity (Wildman–Crippen MR) is 94.8 cm³/mol. The lowest BCUT2D eigenvalue weighted by Crippen LogP contribution is -2.39. The average Bonchev–Trinajstić information content (AvgIpc) is 2.60. The number of nitrogens with one attached hydrogen (secondary N) is 1. The summed E-state index contributed by atoms with van der Waals surface area (Å²) in [5.74, 6) is 0.517. The lowest BCUT2D eigenvalue weighted by molar-refractivity contribution is 0.0677. The molecule has 25 heavy (non-hydrogen) atoms. The SMILES string of the molecule is Cc1cc(C(=O)N2CCCC(C)C2)nc(NCc2ccccc2F)n1.